The SMILES string of the molecule is COC(=O)N[C@H](C(=O)N1[C@H](C)C[C@@H]2CCC[C@@H]21)C1CCOCC1. The Labute approximate surface area is 137 Å². The van der Waals surface area contributed by atoms with E-state index in [2.05, 4.69) is 17.1 Å². The summed E-state index contributed by atoms with van der Waals surface area (Å²) in [5.41, 5.74) is 0. The second kappa shape index (κ2) is 7.07. The minimum absolute atomic E-state index is 0.0733. The van der Waals surface area contributed by atoms with Crippen molar-refractivity contribution in [3.8, 4) is 0 Å². The zero-order chi connectivity index (χ0) is 16.4. The molecule has 0 aromatic heterocycles. The normalized spacial score (nSPS) is 32.4. The van der Waals surface area contributed by atoms with Crippen LogP contribution in [-0.4, -0.2) is 55.3 Å². The molecule has 0 radical (unpaired) electrons. The van der Waals surface area contributed by atoms with Crippen LogP contribution in [-0.2, 0) is 14.3 Å². The molecule has 0 spiro atoms. The maximum absolute atomic E-state index is 13.3. The summed E-state index contributed by atoms with van der Waals surface area (Å²) >= 11 is 0. The molecule has 0 bridgehead atoms. The van der Waals surface area contributed by atoms with E-state index in [0.717, 1.165) is 25.7 Å². The van der Waals surface area contributed by atoms with E-state index in [-0.39, 0.29) is 17.9 Å². The van der Waals surface area contributed by atoms with Crippen LogP contribution in [0, 0.1) is 11.8 Å². The van der Waals surface area contributed by atoms with Crippen molar-refractivity contribution in [3.63, 3.8) is 0 Å². The fraction of sp³-hybridized carbons (Fsp3) is 0.882. The van der Waals surface area contributed by atoms with E-state index in [1.54, 1.807) is 0 Å². The van der Waals surface area contributed by atoms with Crippen molar-refractivity contribution < 1.29 is 19.1 Å². The Kier molecular flexibility index (Phi) is 5.09. The lowest BCUT2D eigenvalue weighted by Crippen LogP contribution is -2.55. The highest BCUT2D eigenvalue weighted by atomic mass is 16.5. The Morgan fingerprint density at radius 2 is 1.96 bits per heavy atom. The lowest BCUT2D eigenvalue weighted by Gasteiger charge is -2.36. The van der Waals surface area contributed by atoms with Gasteiger partial charge in [-0.15, -0.1) is 0 Å². The second-order valence-electron chi connectivity index (χ2n) is 7.15. The molecule has 1 aliphatic carbocycles. The third-order valence-corrected chi connectivity index (χ3v) is 5.81. The van der Waals surface area contributed by atoms with Crippen LogP contribution in [0.4, 0.5) is 4.79 Å². The Hall–Kier alpha value is -1.30. The van der Waals surface area contributed by atoms with Crippen LogP contribution in [0.15, 0.2) is 0 Å². The van der Waals surface area contributed by atoms with Crippen molar-refractivity contribution in [3.05, 3.63) is 0 Å². The van der Waals surface area contributed by atoms with Gasteiger partial charge >= 0.3 is 6.09 Å². The molecular weight excluding hydrogens is 296 g/mol. The first-order chi connectivity index (χ1) is 11.1. The fourth-order valence-electron chi connectivity index (χ4n) is 4.69. The molecule has 3 rings (SSSR count). The minimum atomic E-state index is -0.523. The summed E-state index contributed by atoms with van der Waals surface area (Å²) in [4.78, 5) is 27.1. The van der Waals surface area contributed by atoms with E-state index in [1.807, 2.05) is 0 Å². The summed E-state index contributed by atoms with van der Waals surface area (Å²) in [5.74, 6) is 0.842. The Balaban J connectivity index is 1.77. The van der Waals surface area contributed by atoms with Gasteiger partial charge in [0.05, 0.1) is 7.11 Å². The Morgan fingerprint density at radius 3 is 2.65 bits per heavy atom. The standard InChI is InChI=1S/C17H28N2O4/c1-11-10-13-4-3-5-14(13)19(11)16(20)15(18-17(21)22-2)12-6-8-23-9-7-12/h11-15H,3-10H2,1-2H3,(H,18,21)/t11-,13+,14+,15+/m1/s1. The number of likely N-dealkylation sites (tertiary alicyclic amines) is 1. The maximum Gasteiger partial charge on any atom is 0.407 e. The number of rotatable bonds is 3. The highest BCUT2D eigenvalue weighted by molar-refractivity contribution is 5.86. The largest absolute Gasteiger partial charge is 0.453 e. The third-order valence-electron chi connectivity index (χ3n) is 5.81. The highest BCUT2D eigenvalue weighted by Gasteiger charge is 2.47. The Bertz CT molecular complexity index is 450. The van der Waals surface area contributed by atoms with Gasteiger partial charge in [0.2, 0.25) is 5.91 Å². The first-order valence-corrected chi connectivity index (χ1v) is 8.86. The number of nitrogens with zero attached hydrogens (tertiary/aromatic N) is 1. The van der Waals surface area contributed by atoms with Gasteiger partial charge in [0, 0.05) is 25.3 Å². The predicted octanol–water partition coefficient (Wildman–Crippen LogP) is 1.93. The molecule has 130 valence electrons. The van der Waals surface area contributed by atoms with Crippen molar-refractivity contribution in [1.82, 2.24) is 10.2 Å². The van der Waals surface area contributed by atoms with E-state index >= 15 is 0 Å². The van der Waals surface area contributed by atoms with Crippen LogP contribution in [0.1, 0.15) is 45.4 Å². The predicted molar refractivity (Wildman–Crippen MR) is 84.9 cm³/mol. The number of alkyl carbamates (subject to hydrolysis) is 1. The van der Waals surface area contributed by atoms with Gasteiger partial charge in [-0.3, -0.25) is 4.79 Å². The van der Waals surface area contributed by atoms with E-state index in [1.165, 1.54) is 20.0 Å². The maximum atomic E-state index is 13.3. The molecule has 1 N–H and O–H groups in total. The topological polar surface area (TPSA) is 67.9 Å². The van der Waals surface area contributed by atoms with E-state index in [9.17, 15) is 9.59 Å². The van der Waals surface area contributed by atoms with Crippen LogP contribution in [0.25, 0.3) is 0 Å². The molecule has 0 aromatic rings. The number of fused-ring (bicyclic) bond motifs is 1. The minimum Gasteiger partial charge on any atom is -0.453 e. The molecule has 23 heavy (non-hydrogen) atoms. The number of carbonyl (C=O) groups is 2. The summed E-state index contributed by atoms with van der Waals surface area (Å²) < 4.78 is 10.2. The van der Waals surface area contributed by atoms with Crippen molar-refractivity contribution in [2.45, 2.75) is 63.6 Å². The average Bonchev–Trinajstić information content (AvgIpc) is 3.12. The number of hydrogen-bond donors (Lipinski definition) is 1. The van der Waals surface area contributed by atoms with Crippen molar-refractivity contribution in [2.75, 3.05) is 20.3 Å². The second-order valence-corrected chi connectivity index (χ2v) is 7.15. The van der Waals surface area contributed by atoms with Crippen molar-refractivity contribution >= 4 is 12.0 Å². The monoisotopic (exact) mass is 324 g/mol. The summed E-state index contributed by atoms with van der Waals surface area (Å²) in [6.07, 6.45) is 5.70. The summed E-state index contributed by atoms with van der Waals surface area (Å²) in [6, 6.07) is 0.132. The summed E-state index contributed by atoms with van der Waals surface area (Å²) in [6.45, 7) is 3.44. The van der Waals surface area contributed by atoms with E-state index in [4.69, 9.17) is 9.47 Å². The van der Waals surface area contributed by atoms with Gasteiger partial charge in [0.1, 0.15) is 6.04 Å². The lowest BCUT2D eigenvalue weighted by atomic mass is 9.90. The molecule has 6 heteroatoms. The van der Waals surface area contributed by atoms with Crippen molar-refractivity contribution in [2.24, 2.45) is 11.8 Å². The van der Waals surface area contributed by atoms with Gasteiger partial charge in [0.15, 0.2) is 0 Å². The number of methoxy groups -OCH3 is 1. The van der Waals surface area contributed by atoms with Gasteiger partial charge in [-0.05, 0) is 50.9 Å². The molecular formula is C17H28N2O4. The highest BCUT2D eigenvalue weighted by Crippen LogP contribution is 2.41. The van der Waals surface area contributed by atoms with Crippen molar-refractivity contribution in [1.29, 1.82) is 0 Å². The molecule has 4 atom stereocenters. The van der Waals surface area contributed by atoms with Crippen LogP contribution < -0.4 is 5.32 Å². The number of carbonyl (C=O) groups excluding carboxylic acids is 2. The molecule has 2 heterocycles. The average molecular weight is 324 g/mol. The lowest BCUT2D eigenvalue weighted by molar-refractivity contribution is -0.138. The van der Waals surface area contributed by atoms with E-state index < -0.39 is 12.1 Å². The zero-order valence-electron chi connectivity index (χ0n) is 14.1. The molecule has 2 amide bonds. The number of nitrogens with one attached hydrogen (secondary N) is 1. The van der Waals surface area contributed by atoms with Gasteiger partial charge in [0.25, 0.3) is 0 Å². The van der Waals surface area contributed by atoms with Gasteiger partial charge in [-0.2, -0.15) is 0 Å². The first-order valence-electron chi connectivity index (χ1n) is 8.86. The molecule has 0 unspecified atom stereocenters. The number of amides is 2. The molecule has 3 aliphatic rings. The third kappa shape index (κ3) is 3.32. The van der Waals surface area contributed by atoms with E-state index in [0.29, 0.717) is 25.2 Å². The smallest absolute Gasteiger partial charge is 0.407 e. The molecule has 3 fully saturated rings. The van der Waals surface area contributed by atoms with Crippen LogP contribution in [0.3, 0.4) is 0 Å². The quantitative estimate of drug-likeness (QED) is 0.861. The van der Waals surface area contributed by atoms with Gasteiger partial charge < -0.3 is 19.7 Å². The van der Waals surface area contributed by atoms with Gasteiger partial charge in [-0.25, -0.2) is 4.79 Å². The molecule has 0 aromatic carbocycles. The molecule has 1 saturated carbocycles. The molecule has 2 aliphatic heterocycles. The van der Waals surface area contributed by atoms with Crippen LogP contribution >= 0.6 is 0 Å². The zero-order valence-corrected chi connectivity index (χ0v) is 14.1. The molecule has 2 saturated heterocycles. The first kappa shape index (κ1) is 16.6. The summed E-state index contributed by atoms with van der Waals surface area (Å²) in [5, 5.41) is 2.81. The molecule has 6 nitrogen and oxygen atoms in total. The number of ether oxygens (including phenoxy) is 2. The fourth-order valence-corrected chi connectivity index (χ4v) is 4.69. The van der Waals surface area contributed by atoms with Crippen LogP contribution in [0.2, 0.25) is 0 Å². The van der Waals surface area contributed by atoms with Gasteiger partial charge in [-0.1, -0.05) is 6.42 Å². The Morgan fingerprint density at radius 1 is 1.22 bits per heavy atom. The summed E-state index contributed by atoms with van der Waals surface area (Å²) in [7, 11) is 1.34. The number of hydrogen-bond acceptors (Lipinski definition) is 4. The van der Waals surface area contributed by atoms with Crippen LogP contribution in [0.5, 0.6) is 0 Å².